The van der Waals surface area contributed by atoms with Crippen molar-refractivity contribution < 1.29 is 0 Å². The fraction of sp³-hybridized carbons (Fsp3) is 1.00. The first-order valence-electron chi connectivity index (χ1n) is 6.34. The lowest BCUT2D eigenvalue weighted by Crippen LogP contribution is -2.38. The fourth-order valence-corrected chi connectivity index (χ4v) is 3.61. The van der Waals surface area contributed by atoms with Crippen LogP contribution in [0.1, 0.15) is 38.5 Å². The topological polar surface area (TPSA) is 29.3 Å². The van der Waals surface area contributed by atoms with E-state index >= 15 is 0 Å². The summed E-state index contributed by atoms with van der Waals surface area (Å²) in [6.45, 7) is 2.45. The zero-order chi connectivity index (χ0) is 9.54. The van der Waals surface area contributed by atoms with Gasteiger partial charge in [-0.05, 0) is 43.9 Å². The van der Waals surface area contributed by atoms with Gasteiger partial charge < -0.3 is 5.73 Å². The molecule has 1 heterocycles. The molecule has 0 radical (unpaired) electrons. The first-order chi connectivity index (χ1) is 6.84. The van der Waals surface area contributed by atoms with Crippen molar-refractivity contribution in [2.75, 3.05) is 13.1 Å². The predicted octanol–water partition coefficient (Wildman–Crippen LogP) is 1.60. The lowest BCUT2D eigenvalue weighted by molar-refractivity contribution is 0.181. The Morgan fingerprint density at radius 3 is 2.50 bits per heavy atom. The molecule has 0 amide bonds. The van der Waals surface area contributed by atoms with Crippen LogP contribution in [0.2, 0.25) is 0 Å². The SMILES string of the molecule is N[C@@H]1CCN(C2CCCC2C2CC2)C1. The van der Waals surface area contributed by atoms with Crippen LogP contribution in [0.25, 0.3) is 0 Å². The van der Waals surface area contributed by atoms with E-state index in [0.29, 0.717) is 6.04 Å². The van der Waals surface area contributed by atoms with E-state index in [-0.39, 0.29) is 0 Å². The first-order valence-corrected chi connectivity index (χ1v) is 6.34. The first kappa shape index (κ1) is 9.17. The number of hydrogen-bond acceptors (Lipinski definition) is 2. The lowest BCUT2D eigenvalue weighted by Gasteiger charge is -2.29. The van der Waals surface area contributed by atoms with Gasteiger partial charge in [-0.2, -0.15) is 0 Å². The molecule has 2 aliphatic carbocycles. The minimum Gasteiger partial charge on any atom is -0.326 e. The van der Waals surface area contributed by atoms with Crippen molar-refractivity contribution in [3.05, 3.63) is 0 Å². The van der Waals surface area contributed by atoms with Crippen LogP contribution in [0.15, 0.2) is 0 Å². The van der Waals surface area contributed by atoms with E-state index in [2.05, 4.69) is 4.90 Å². The number of likely N-dealkylation sites (tertiary alicyclic amines) is 1. The molecule has 2 heteroatoms. The van der Waals surface area contributed by atoms with E-state index in [1.54, 1.807) is 0 Å². The number of nitrogens with two attached hydrogens (primary N) is 1. The van der Waals surface area contributed by atoms with Gasteiger partial charge in [-0.15, -0.1) is 0 Å². The second-order valence-electron chi connectivity index (χ2n) is 5.54. The smallest absolute Gasteiger partial charge is 0.0180 e. The molecule has 80 valence electrons. The van der Waals surface area contributed by atoms with Crippen molar-refractivity contribution in [3.8, 4) is 0 Å². The molecule has 2 N–H and O–H groups in total. The molecule has 0 aromatic rings. The Morgan fingerprint density at radius 1 is 1.00 bits per heavy atom. The van der Waals surface area contributed by atoms with Gasteiger partial charge in [0, 0.05) is 25.2 Å². The molecule has 3 rings (SSSR count). The molecule has 0 aromatic heterocycles. The Balaban J connectivity index is 1.64. The van der Waals surface area contributed by atoms with E-state index in [0.717, 1.165) is 17.9 Å². The van der Waals surface area contributed by atoms with Crippen LogP contribution in [0.5, 0.6) is 0 Å². The molecular formula is C12H22N2. The van der Waals surface area contributed by atoms with Gasteiger partial charge in [0.15, 0.2) is 0 Å². The van der Waals surface area contributed by atoms with Crippen LogP contribution in [0, 0.1) is 11.8 Å². The summed E-state index contributed by atoms with van der Waals surface area (Å²) >= 11 is 0. The average molecular weight is 194 g/mol. The Hall–Kier alpha value is -0.0800. The molecule has 1 aliphatic heterocycles. The van der Waals surface area contributed by atoms with E-state index in [9.17, 15) is 0 Å². The van der Waals surface area contributed by atoms with Gasteiger partial charge in [-0.1, -0.05) is 6.42 Å². The van der Waals surface area contributed by atoms with E-state index in [1.807, 2.05) is 0 Å². The van der Waals surface area contributed by atoms with Gasteiger partial charge in [-0.25, -0.2) is 0 Å². The van der Waals surface area contributed by atoms with Crippen molar-refractivity contribution in [1.29, 1.82) is 0 Å². The van der Waals surface area contributed by atoms with Crippen LogP contribution in [0.4, 0.5) is 0 Å². The summed E-state index contributed by atoms with van der Waals surface area (Å²) in [4.78, 5) is 2.70. The minimum absolute atomic E-state index is 0.468. The van der Waals surface area contributed by atoms with Crippen molar-refractivity contribution >= 4 is 0 Å². The van der Waals surface area contributed by atoms with Crippen molar-refractivity contribution in [2.45, 2.75) is 50.6 Å². The summed E-state index contributed by atoms with van der Waals surface area (Å²) in [5.74, 6) is 2.14. The minimum atomic E-state index is 0.468. The maximum Gasteiger partial charge on any atom is 0.0180 e. The summed E-state index contributed by atoms with van der Waals surface area (Å²) in [5, 5.41) is 0. The lowest BCUT2D eigenvalue weighted by atomic mass is 9.97. The standard InChI is InChI=1S/C12H22N2/c13-10-6-7-14(8-10)12-3-1-2-11(12)9-4-5-9/h9-12H,1-8,13H2/t10-,11?,12?/m1/s1. The average Bonchev–Trinajstić information content (AvgIpc) is 2.75. The maximum atomic E-state index is 5.99. The van der Waals surface area contributed by atoms with E-state index in [1.165, 1.54) is 51.6 Å². The van der Waals surface area contributed by atoms with Crippen molar-refractivity contribution in [2.24, 2.45) is 17.6 Å². The van der Waals surface area contributed by atoms with E-state index in [4.69, 9.17) is 5.73 Å². The summed E-state index contributed by atoms with van der Waals surface area (Å²) in [6, 6.07) is 1.38. The molecule has 3 atom stereocenters. The molecule has 3 aliphatic rings. The zero-order valence-electron chi connectivity index (χ0n) is 8.99. The predicted molar refractivity (Wildman–Crippen MR) is 58.0 cm³/mol. The normalized spacial score (nSPS) is 44.8. The molecule has 2 saturated carbocycles. The molecule has 14 heavy (non-hydrogen) atoms. The van der Waals surface area contributed by atoms with Crippen LogP contribution in [-0.4, -0.2) is 30.1 Å². The van der Waals surface area contributed by atoms with Gasteiger partial charge in [0.1, 0.15) is 0 Å². The molecule has 3 fully saturated rings. The highest BCUT2D eigenvalue weighted by atomic mass is 15.2. The highest BCUT2D eigenvalue weighted by Gasteiger charge is 2.42. The molecular weight excluding hydrogens is 172 g/mol. The zero-order valence-corrected chi connectivity index (χ0v) is 8.99. The highest BCUT2D eigenvalue weighted by Crippen LogP contribution is 2.47. The molecule has 0 spiro atoms. The quantitative estimate of drug-likeness (QED) is 0.723. The molecule has 2 unspecified atom stereocenters. The summed E-state index contributed by atoms with van der Waals surface area (Å²) in [5.41, 5.74) is 5.99. The Morgan fingerprint density at radius 2 is 1.86 bits per heavy atom. The Kier molecular flexibility index (Phi) is 2.29. The van der Waals surface area contributed by atoms with Gasteiger partial charge in [-0.3, -0.25) is 4.90 Å². The van der Waals surface area contributed by atoms with Crippen LogP contribution in [-0.2, 0) is 0 Å². The largest absolute Gasteiger partial charge is 0.326 e. The molecule has 0 aromatic carbocycles. The van der Waals surface area contributed by atoms with E-state index < -0.39 is 0 Å². The highest BCUT2D eigenvalue weighted by molar-refractivity contribution is 4.96. The van der Waals surface area contributed by atoms with Crippen LogP contribution >= 0.6 is 0 Å². The monoisotopic (exact) mass is 194 g/mol. The molecule has 1 saturated heterocycles. The number of hydrogen-bond donors (Lipinski definition) is 1. The fourth-order valence-electron chi connectivity index (χ4n) is 3.61. The van der Waals surface area contributed by atoms with Crippen molar-refractivity contribution in [3.63, 3.8) is 0 Å². The summed E-state index contributed by atoms with van der Waals surface area (Å²) in [7, 11) is 0. The van der Waals surface area contributed by atoms with Crippen LogP contribution < -0.4 is 5.73 Å². The van der Waals surface area contributed by atoms with Crippen molar-refractivity contribution in [1.82, 2.24) is 4.90 Å². The Bertz CT molecular complexity index is 212. The number of rotatable bonds is 2. The summed E-state index contributed by atoms with van der Waals surface area (Å²) < 4.78 is 0. The van der Waals surface area contributed by atoms with Crippen LogP contribution in [0.3, 0.4) is 0 Å². The third-order valence-corrected chi connectivity index (χ3v) is 4.48. The van der Waals surface area contributed by atoms with Gasteiger partial charge in [0.2, 0.25) is 0 Å². The maximum absolute atomic E-state index is 5.99. The summed E-state index contributed by atoms with van der Waals surface area (Å²) in [6.07, 6.45) is 8.68. The van der Waals surface area contributed by atoms with Gasteiger partial charge in [0.25, 0.3) is 0 Å². The second kappa shape index (κ2) is 3.49. The number of nitrogens with zero attached hydrogens (tertiary/aromatic N) is 1. The molecule has 2 nitrogen and oxygen atoms in total. The second-order valence-corrected chi connectivity index (χ2v) is 5.54. The van der Waals surface area contributed by atoms with Gasteiger partial charge in [0.05, 0.1) is 0 Å². The van der Waals surface area contributed by atoms with Gasteiger partial charge >= 0.3 is 0 Å². The Labute approximate surface area is 86.8 Å². The third-order valence-electron chi connectivity index (χ3n) is 4.48. The third kappa shape index (κ3) is 1.59. The molecule has 0 bridgehead atoms.